The maximum Gasteiger partial charge on any atom is 0.271 e. The summed E-state index contributed by atoms with van der Waals surface area (Å²) >= 11 is 18.7. The number of ether oxygens (including phenoxy) is 3. The van der Waals surface area contributed by atoms with Crippen molar-refractivity contribution in [1.82, 2.24) is 5.43 Å². The standard InChI is InChI=1S/C26H24Cl3N3O5/c1-4-36-23-11-17(6-8-22(23)35-3)26(34)32-30-13-16-9-20(28)25(21(29)10-16)37-14-24(33)31-18-7-5-15(2)19(27)12-18/h5-13H,4,14H2,1-3H3,(H,31,33)(H,32,34)/b30-13+. The monoisotopic (exact) mass is 563 g/mol. The zero-order valence-electron chi connectivity index (χ0n) is 20.2. The van der Waals surface area contributed by atoms with E-state index in [9.17, 15) is 9.59 Å². The maximum absolute atomic E-state index is 12.5. The van der Waals surface area contributed by atoms with Crippen molar-refractivity contribution in [3.05, 3.63) is 80.3 Å². The molecule has 0 bridgehead atoms. The third-order valence-electron chi connectivity index (χ3n) is 4.93. The van der Waals surface area contributed by atoms with E-state index in [1.807, 2.05) is 13.8 Å². The van der Waals surface area contributed by atoms with Gasteiger partial charge in [-0.1, -0.05) is 40.9 Å². The third kappa shape index (κ3) is 7.76. The van der Waals surface area contributed by atoms with Gasteiger partial charge >= 0.3 is 0 Å². The highest BCUT2D eigenvalue weighted by Crippen LogP contribution is 2.34. The molecule has 0 radical (unpaired) electrons. The van der Waals surface area contributed by atoms with Gasteiger partial charge in [0.25, 0.3) is 11.8 Å². The zero-order chi connectivity index (χ0) is 26.9. The summed E-state index contributed by atoms with van der Waals surface area (Å²) in [6.07, 6.45) is 1.38. The highest BCUT2D eigenvalue weighted by atomic mass is 35.5. The Morgan fingerprint density at radius 2 is 1.68 bits per heavy atom. The Kier molecular flexibility index (Phi) is 10.0. The number of aryl methyl sites for hydroxylation is 1. The SMILES string of the molecule is CCOc1cc(C(=O)N/N=C/c2cc(Cl)c(OCC(=O)Nc3ccc(C)c(Cl)c3)c(Cl)c2)ccc1OC. The van der Waals surface area contributed by atoms with Crippen molar-refractivity contribution in [2.24, 2.45) is 5.10 Å². The molecule has 0 saturated heterocycles. The first-order valence-corrected chi connectivity index (χ1v) is 12.2. The van der Waals surface area contributed by atoms with E-state index >= 15 is 0 Å². The van der Waals surface area contributed by atoms with Gasteiger partial charge in [0.05, 0.1) is 30.0 Å². The quantitative estimate of drug-likeness (QED) is 0.228. The first-order chi connectivity index (χ1) is 17.7. The van der Waals surface area contributed by atoms with Gasteiger partial charge in [-0.3, -0.25) is 9.59 Å². The van der Waals surface area contributed by atoms with Crippen LogP contribution in [0.3, 0.4) is 0 Å². The summed E-state index contributed by atoms with van der Waals surface area (Å²) in [6.45, 7) is 3.80. The molecule has 194 valence electrons. The average molecular weight is 565 g/mol. The van der Waals surface area contributed by atoms with E-state index in [1.165, 1.54) is 25.5 Å². The van der Waals surface area contributed by atoms with Crippen molar-refractivity contribution in [3.8, 4) is 17.2 Å². The fourth-order valence-electron chi connectivity index (χ4n) is 3.11. The van der Waals surface area contributed by atoms with Gasteiger partial charge in [0.2, 0.25) is 0 Å². The third-order valence-corrected chi connectivity index (χ3v) is 5.90. The highest BCUT2D eigenvalue weighted by Gasteiger charge is 2.13. The lowest BCUT2D eigenvalue weighted by atomic mass is 10.2. The summed E-state index contributed by atoms with van der Waals surface area (Å²) in [5, 5.41) is 7.52. The molecule has 0 spiro atoms. The molecule has 0 saturated carbocycles. The van der Waals surface area contributed by atoms with Crippen molar-refractivity contribution < 1.29 is 23.8 Å². The first kappa shape index (κ1) is 28.1. The topological polar surface area (TPSA) is 98.3 Å². The number of halogens is 3. The summed E-state index contributed by atoms with van der Waals surface area (Å²) in [7, 11) is 1.52. The molecule has 3 aromatic carbocycles. The molecule has 0 aromatic heterocycles. The Hall–Kier alpha value is -3.46. The largest absolute Gasteiger partial charge is 0.493 e. The van der Waals surface area contributed by atoms with Gasteiger partial charge in [0, 0.05) is 16.3 Å². The summed E-state index contributed by atoms with van der Waals surface area (Å²) in [5.74, 6) is 0.255. The normalized spacial score (nSPS) is 10.8. The predicted molar refractivity (Wildman–Crippen MR) is 146 cm³/mol. The van der Waals surface area contributed by atoms with Crippen molar-refractivity contribution in [2.75, 3.05) is 25.6 Å². The smallest absolute Gasteiger partial charge is 0.271 e. The molecular formula is C26H24Cl3N3O5. The van der Waals surface area contributed by atoms with Crippen LogP contribution in [-0.2, 0) is 4.79 Å². The summed E-state index contributed by atoms with van der Waals surface area (Å²) in [4.78, 5) is 24.7. The van der Waals surface area contributed by atoms with Crippen molar-refractivity contribution in [1.29, 1.82) is 0 Å². The number of nitrogens with one attached hydrogen (secondary N) is 2. The molecule has 0 aliphatic heterocycles. The number of rotatable bonds is 10. The van der Waals surface area contributed by atoms with Crippen molar-refractivity contribution in [3.63, 3.8) is 0 Å². The van der Waals surface area contributed by atoms with Gasteiger partial charge in [-0.05, 0) is 67.4 Å². The van der Waals surface area contributed by atoms with Crippen LogP contribution >= 0.6 is 34.8 Å². The minimum atomic E-state index is -0.446. The second-order valence-electron chi connectivity index (χ2n) is 7.61. The number of hydrogen-bond donors (Lipinski definition) is 2. The molecule has 8 nitrogen and oxygen atoms in total. The summed E-state index contributed by atoms with van der Waals surface area (Å²) in [6, 6.07) is 13.1. The molecule has 0 unspecified atom stereocenters. The molecule has 0 atom stereocenters. The van der Waals surface area contributed by atoms with Gasteiger partial charge in [-0.2, -0.15) is 5.10 Å². The lowest BCUT2D eigenvalue weighted by molar-refractivity contribution is -0.118. The molecule has 0 fully saturated rings. The Bertz CT molecular complexity index is 1310. The average Bonchev–Trinajstić information content (AvgIpc) is 2.86. The number of amides is 2. The van der Waals surface area contributed by atoms with Gasteiger partial charge in [0.15, 0.2) is 23.9 Å². The van der Waals surface area contributed by atoms with Crippen LogP contribution in [0.5, 0.6) is 17.2 Å². The van der Waals surface area contributed by atoms with Crippen LogP contribution in [0.25, 0.3) is 0 Å². The Labute approximate surface area is 229 Å². The first-order valence-electron chi connectivity index (χ1n) is 11.0. The molecule has 0 aliphatic carbocycles. The molecule has 3 aromatic rings. The Morgan fingerprint density at radius 3 is 2.32 bits per heavy atom. The molecule has 0 aliphatic rings. The van der Waals surface area contributed by atoms with Crippen LogP contribution in [0.2, 0.25) is 15.1 Å². The number of nitrogens with zero attached hydrogens (tertiary/aromatic N) is 1. The minimum Gasteiger partial charge on any atom is -0.493 e. The maximum atomic E-state index is 12.5. The van der Waals surface area contributed by atoms with Crippen LogP contribution in [0.4, 0.5) is 5.69 Å². The van der Waals surface area contributed by atoms with Crippen LogP contribution in [-0.4, -0.2) is 38.4 Å². The van der Waals surface area contributed by atoms with Crippen LogP contribution in [0.1, 0.15) is 28.4 Å². The van der Waals surface area contributed by atoms with Crippen LogP contribution in [0.15, 0.2) is 53.6 Å². The highest BCUT2D eigenvalue weighted by molar-refractivity contribution is 6.37. The molecular weight excluding hydrogens is 541 g/mol. The molecule has 0 heterocycles. The number of carbonyl (C=O) groups is 2. The number of anilines is 1. The second-order valence-corrected chi connectivity index (χ2v) is 8.83. The van der Waals surface area contributed by atoms with E-state index in [0.717, 1.165) is 5.56 Å². The molecule has 2 N–H and O–H groups in total. The fourth-order valence-corrected chi connectivity index (χ4v) is 3.91. The van der Waals surface area contributed by atoms with Crippen molar-refractivity contribution >= 4 is 58.5 Å². The lowest BCUT2D eigenvalue weighted by Gasteiger charge is -2.11. The minimum absolute atomic E-state index is 0.142. The van der Waals surface area contributed by atoms with E-state index < -0.39 is 11.8 Å². The number of carbonyl (C=O) groups excluding carboxylic acids is 2. The fraction of sp³-hybridized carbons (Fsp3) is 0.192. The van der Waals surface area contributed by atoms with Gasteiger partial charge in [0.1, 0.15) is 0 Å². The Balaban J connectivity index is 1.60. The van der Waals surface area contributed by atoms with Gasteiger partial charge in [-0.15, -0.1) is 0 Å². The number of hydrogen-bond acceptors (Lipinski definition) is 6. The Morgan fingerprint density at radius 1 is 0.946 bits per heavy atom. The molecule has 3 rings (SSSR count). The van der Waals surface area contributed by atoms with Crippen LogP contribution < -0.4 is 25.0 Å². The predicted octanol–water partition coefficient (Wildman–Crippen LogP) is 6.14. The van der Waals surface area contributed by atoms with E-state index in [2.05, 4.69) is 15.8 Å². The summed E-state index contributed by atoms with van der Waals surface area (Å²) < 4.78 is 16.2. The van der Waals surface area contributed by atoms with E-state index in [-0.39, 0.29) is 22.4 Å². The molecule has 37 heavy (non-hydrogen) atoms. The van der Waals surface area contributed by atoms with Crippen molar-refractivity contribution in [2.45, 2.75) is 13.8 Å². The van der Waals surface area contributed by atoms with E-state index in [4.69, 9.17) is 49.0 Å². The number of benzene rings is 3. The molecule has 11 heteroatoms. The number of methoxy groups -OCH3 is 1. The lowest BCUT2D eigenvalue weighted by Crippen LogP contribution is -2.20. The van der Waals surface area contributed by atoms with Crippen LogP contribution in [0, 0.1) is 6.92 Å². The van der Waals surface area contributed by atoms with Gasteiger partial charge in [-0.25, -0.2) is 5.43 Å². The number of hydrazone groups is 1. The molecule has 2 amide bonds. The zero-order valence-corrected chi connectivity index (χ0v) is 22.5. The summed E-state index contributed by atoms with van der Waals surface area (Å²) in [5.41, 5.74) is 4.72. The van der Waals surface area contributed by atoms with Gasteiger partial charge < -0.3 is 19.5 Å². The van der Waals surface area contributed by atoms with E-state index in [0.29, 0.717) is 39.9 Å². The second kappa shape index (κ2) is 13.2. The van der Waals surface area contributed by atoms with E-state index in [1.54, 1.807) is 36.4 Å².